The number of ether oxygens (including phenoxy) is 1. The molecule has 1 aliphatic carbocycles. The van der Waals surface area contributed by atoms with Crippen molar-refractivity contribution in [2.75, 3.05) is 6.61 Å². The van der Waals surface area contributed by atoms with E-state index in [0.717, 1.165) is 5.56 Å². The van der Waals surface area contributed by atoms with Crippen LogP contribution in [0.15, 0.2) is 12.3 Å². The first-order valence-corrected chi connectivity index (χ1v) is 4.79. The Morgan fingerprint density at radius 3 is 3.07 bits per heavy atom. The molecule has 0 unspecified atom stereocenters. The van der Waals surface area contributed by atoms with Gasteiger partial charge in [-0.25, -0.2) is 4.98 Å². The van der Waals surface area contributed by atoms with E-state index >= 15 is 0 Å². The highest BCUT2D eigenvalue weighted by Crippen LogP contribution is 2.30. The molecule has 0 bridgehead atoms. The van der Waals surface area contributed by atoms with Crippen molar-refractivity contribution in [3.05, 3.63) is 23.4 Å². The molecule has 0 aliphatic heterocycles. The van der Waals surface area contributed by atoms with E-state index < -0.39 is 0 Å². The number of pyridine rings is 1. The molecule has 1 heterocycles. The Hall–Kier alpha value is -1.56. The molecule has 0 saturated heterocycles. The average Bonchev–Trinajstić information content (AvgIpc) is 2.98. The van der Waals surface area contributed by atoms with E-state index in [0.29, 0.717) is 24.0 Å². The molecule has 0 spiro atoms. The smallest absolute Gasteiger partial charge is 0.231 e. The summed E-state index contributed by atoms with van der Waals surface area (Å²) in [5, 5.41) is 8.91. The maximum atomic E-state index is 8.91. The van der Waals surface area contributed by atoms with Gasteiger partial charge in [0.05, 0.1) is 6.61 Å². The number of aryl methyl sites for hydroxylation is 1. The zero-order chi connectivity index (χ0) is 9.97. The second kappa shape index (κ2) is 3.67. The van der Waals surface area contributed by atoms with E-state index in [4.69, 9.17) is 10.00 Å². The van der Waals surface area contributed by atoms with Crippen LogP contribution in [0.4, 0.5) is 0 Å². The van der Waals surface area contributed by atoms with Crippen LogP contribution < -0.4 is 4.74 Å². The van der Waals surface area contributed by atoms with Gasteiger partial charge in [-0.05, 0) is 37.3 Å². The van der Waals surface area contributed by atoms with E-state index in [1.165, 1.54) is 12.8 Å². The molecule has 1 saturated carbocycles. The summed E-state index contributed by atoms with van der Waals surface area (Å²) < 4.78 is 5.50. The predicted molar refractivity (Wildman–Crippen MR) is 51.9 cm³/mol. The monoisotopic (exact) mass is 188 g/mol. The van der Waals surface area contributed by atoms with E-state index in [1.54, 1.807) is 6.20 Å². The van der Waals surface area contributed by atoms with Gasteiger partial charge in [-0.1, -0.05) is 0 Å². The molecule has 72 valence electrons. The summed E-state index contributed by atoms with van der Waals surface area (Å²) in [5.74, 6) is 1.17. The van der Waals surface area contributed by atoms with Gasteiger partial charge in [-0.2, -0.15) is 5.26 Å². The molecule has 0 amide bonds. The fourth-order valence-electron chi connectivity index (χ4n) is 1.26. The minimum atomic E-state index is 0.486. The third-order valence-corrected chi connectivity index (χ3v) is 2.39. The summed E-state index contributed by atoms with van der Waals surface area (Å²) in [5.41, 5.74) is 1.49. The highest BCUT2D eigenvalue weighted by molar-refractivity contribution is 5.43. The lowest BCUT2D eigenvalue weighted by Gasteiger charge is -2.06. The zero-order valence-corrected chi connectivity index (χ0v) is 8.16. The van der Waals surface area contributed by atoms with Crippen LogP contribution in [-0.4, -0.2) is 11.6 Å². The molecule has 3 nitrogen and oxygen atoms in total. The summed E-state index contributed by atoms with van der Waals surface area (Å²) >= 11 is 0. The van der Waals surface area contributed by atoms with Crippen LogP contribution in [0, 0.1) is 24.2 Å². The molecule has 3 heteroatoms. The summed E-state index contributed by atoms with van der Waals surface area (Å²) in [6.45, 7) is 2.59. The highest BCUT2D eigenvalue weighted by atomic mass is 16.5. The van der Waals surface area contributed by atoms with Crippen LogP contribution in [0.2, 0.25) is 0 Å². The van der Waals surface area contributed by atoms with E-state index in [-0.39, 0.29) is 0 Å². The third-order valence-electron chi connectivity index (χ3n) is 2.39. The first-order valence-electron chi connectivity index (χ1n) is 4.79. The van der Waals surface area contributed by atoms with Crippen molar-refractivity contribution in [1.82, 2.24) is 4.98 Å². The molecule has 1 fully saturated rings. The van der Waals surface area contributed by atoms with Gasteiger partial charge in [0.25, 0.3) is 0 Å². The molecule has 0 atom stereocenters. The quantitative estimate of drug-likeness (QED) is 0.729. The molecule has 0 N–H and O–H groups in total. The topological polar surface area (TPSA) is 45.9 Å². The largest absolute Gasteiger partial charge is 0.476 e. The molecular weight excluding hydrogens is 176 g/mol. The van der Waals surface area contributed by atoms with E-state index in [9.17, 15) is 0 Å². The van der Waals surface area contributed by atoms with Crippen LogP contribution in [0.1, 0.15) is 24.0 Å². The number of nitrogens with zero attached hydrogens (tertiary/aromatic N) is 2. The lowest BCUT2D eigenvalue weighted by molar-refractivity contribution is 0.287. The van der Waals surface area contributed by atoms with Crippen LogP contribution in [0.25, 0.3) is 0 Å². The van der Waals surface area contributed by atoms with Gasteiger partial charge in [0.2, 0.25) is 5.88 Å². The summed E-state index contributed by atoms with van der Waals surface area (Å²) in [4.78, 5) is 4.07. The highest BCUT2D eigenvalue weighted by Gasteiger charge is 2.22. The average molecular weight is 188 g/mol. The number of aromatic nitrogens is 1. The van der Waals surface area contributed by atoms with Crippen molar-refractivity contribution in [2.45, 2.75) is 19.8 Å². The van der Waals surface area contributed by atoms with Gasteiger partial charge in [-0.15, -0.1) is 0 Å². The van der Waals surface area contributed by atoms with Crippen LogP contribution in [-0.2, 0) is 0 Å². The molecular formula is C11H12N2O. The molecule has 0 radical (unpaired) electrons. The summed E-state index contributed by atoms with van der Waals surface area (Å²) in [7, 11) is 0. The Bertz CT molecular complexity index is 377. The molecule has 1 aromatic heterocycles. The van der Waals surface area contributed by atoms with E-state index in [1.807, 2.05) is 13.0 Å². The maximum absolute atomic E-state index is 8.91. The molecule has 14 heavy (non-hydrogen) atoms. The van der Waals surface area contributed by atoms with Crippen LogP contribution in [0.5, 0.6) is 5.88 Å². The number of hydrogen-bond donors (Lipinski definition) is 0. The molecule has 0 aromatic carbocycles. The maximum Gasteiger partial charge on any atom is 0.231 e. The normalized spacial score (nSPS) is 14.9. The van der Waals surface area contributed by atoms with Crippen molar-refractivity contribution in [3.63, 3.8) is 0 Å². The van der Waals surface area contributed by atoms with Crippen LogP contribution in [0.3, 0.4) is 0 Å². The summed E-state index contributed by atoms with van der Waals surface area (Å²) in [6.07, 6.45) is 4.17. The van der Waals surface area contributed by atoms with Gasteiger partial charge < -0.3 is 4.74 Å². The minimum absolute atomic E-state index is 0.486. The Labute approximate surface area is 83.3 Å². The lowest BCUT2D eigenvalue weighted by Crippen LogP contribution is -2.03. The third kappa shape index (κ3) is 1.85. The van der Waals surface area contributed by atoms with Gasteiger partial charge in [0.1, 0.15) is 11.6 Å². The summed E-state index contributed by atoms with van der Waals surface area (Å²) in [6, 6.07) is 3.94. The second-order valence-electron chi connectivity index (χ2n) is 3.67. The molecule has 2 rings (SSSR count). The standard InChI is InChI=1S/C11H12N2O/c1-8-4-5-13-11(10(8)6-12)14-7-9-2-3-9/h4-5,9H,2-3,7H2,1H3. The lowest BCUT2D eigenvalue weighted by atomic mass is 10.2. The predicted octanol–water partition coefficient (Wildman–Crippen LogP) is 2.05. The van der Waals surface area contributed by atoms with Gasteiger partial charge in [0, 0.05) is 6.20 Å². The van der Waals surface area contributed by atoms with Gasteiger partial charge in [0.15, 0.2) is 0 Å². The van der Waals surface area contributed by atoms with Gasteiger partial charge in [-0.3, -0.25) is 0 Å². The van der Waals surface area contributed by atoms with Crippen molar-refractivity contribution < 1.29 is 4.74 Å². The Morgan fingerprint density at radius 1 is 1.64 bits per heavy atom. The molecule has 1 aromatic rings. The fraction of sp³-hybridized carbons (Fsp3) is 0.455. The Kier molecular flexibility index (Phi) is 2.36. The van der Waals surface area contributed by atoms with Crippen molar-refractivity contribution >= 4 is 0 Å². The van der Waals surface area contributed by atoms with Crippen molar-refractivity contribution in [1.29, 1.82) is 5.26 Å². The van der Waals surface area contributed by atoms with Crippen molar-refractivity contribution in [3.8, 4) is 11.9 Å². The first kappa shape index (κ1) is 9.01. The number of hydrogen-bond acceptors (Lipinski definition) is 3. The number of nitriles is 1. The Balaban J connectivity index is 2.14. The first-order chi connectivity index (χ1) is 6.81. The minimum Gasteiger partial charge on any atom is -0.476 e. The molecule has 1 aliphatic rings. The SMILES string of the molecule is Cc1ccnc(OCC2CC2)c1C#N. The van der Waals surface area contributed by atoms with Crippen molar-refractivity contribution in [2.24, 2.45) is 5.92 Å². The second-order valence-corrected chi connectivity index (χ2v) is 3.67. The van der Waals surface area contributed by atoms with E-state index in [2.05, 4.69) is 11.1 Å². The Morgan fingerprint density at radius 2 is 2.43 bits per heavy atom. The zero-order valence-electron chi connectivity index (χ0n) is 8.16. The fourth-order valence-corrected chi connectivity index (χ4v) is 1.26. The van der Waals surface area contributed by atoms with Crippen LogP contribution >= 0.6 is 0 Å². The number of rotatable bonds is 3. The van der Waals surface area contributed by atoms with Gasteiger partial charge >= 0.3 is 0 Å².